The molecule has 1 heterocycles. The molecule has 3 rings (SSSR count). The summed E-state index contributed by atoms with van der Waals surface area (Å²) in [5.74, 6) is -0.919. The fourth-order valence-corrected chi connectivity index (χ4v) is 2.91. The minimum Gasteiger partial charge on any atom is -0.496 e. The summed E-state index contributed by atoms with van der Waals surface area (Å²) in [6, 6.07) is 7.08. The molecule has 0 fully saturated rings. The highest BCUT2D eigenvalue weighted by Gasteiger charge is 2.30. The summed E-state index contributed by atoms with van der Waals surface area (Å²) in [4.78, 5) is 23.4. The number of rotatable bonds is 5. The van der Waals surface area contributed by atoms with Gasteiger partial charge in [-0.2, -0.15) is 17.9 Å². The van der Waals surface area contributed by atoms with Crippen LogP contribution in [0.1, 0.15) is 18.1 Å². The maximum atomic E-state index is 12.7. The van der Waals surface area contributed by atoms with Gasteiger partial charge in [0.05, 0.1) is 29.9 Å². The van der Waals surface area contributed by atoms with Crippen LogP contribution in [0.5, 0.6) is 5.75 Å². The average Bonchev–Trinajstić information content (AvgIpc) is 3.03. The van der Waals surface area contributed by atoms with Crippen LogP contribution in [0.3, 0.4) is 0 Å². The summed E-state index contributed by atoms with van der Waals surface area (Å²) in [6.45, 7) is 1.25. The Labute approximate surface area is 173 Å². The molecule has 1 amide bonds. The van der Waals surface area contributed by atoms with Gasteiger partial charge in [-0.15, -0.1) is 5.10 Å². The Morgan fingerprint density at radius 2 is 1.93 bits per heavy atom. The second-order valence-corrected chi connectivity index (χ2v) is 6.64. The molecule has 0 radical (unpaired) electrons. The predicted molar refractivity (Wildman–Crippen MR) is 103 cm³/mol. The van der Waals surface area contributed by atoms with Gasteiger partial charge in [-0.3, -0.25) is 4.79 Å². The molecule has 0 saturated heterocycles. The molecular weight excluding hydrogens is 427 g/mol. The van der Waals surface area contributed by atoms with Crippen LogP contribution >= 0.6 is 11.6 Å². The fourth-order valence-electron chi connectivity index (χ4n) is 2.68. The summed E-state index contributed by atoms with van der Waals surface area (Å²) in [5.41, 5.74) is 0.199. The van der Waals surface area contributed by atoms with Crippen LogP contribution in [-0.4, -0.2) is 22.8 Å². The van der Waals surface area contributed by atoms with Gasteiger partial charge in [0.15, 0.2) is 0 Å². The third kappa shape index (κ3) is 4.65. The third-order valence-corrected chi connectivity index (χ3v) is 4.38. The molecule has 158 valence electrons. The minimum atomic E-state index is -4.47. The molecule has 3 aromatic rings. The standard InChI is InChI=1S/C19H15ClF3N3O4/c1-10(27)24-15-8-16(29-2)12(7-14(15)20)9-26-18(28)30-17(25-26)11-3-5-13(6-4-11)19(21,22)23/h3-8H,9H2,1-2H3,(H,24,27). The Bertz CT molecular complexity index is 1140. The molecule has 2 aromatic carbocycles. The number of ether oxygens (including phenoxy) is 1. The van der Waals surface area contributed by atoms with E-state index in [9.17, 15) is 22.8 Å². The number of aromatic nitrogens is 2. The first kappa shape index (κ1) is 21.4. The Kier molecular flexibility index (Phi) is 5.88. The summed E-state index contributed by atoms with van der Waals surface area (Å²) in [6.07, 6.45) is -4.47. The van der Waals surface area contributed by atoms with Crippen molar-refractivity contribution in [2.24, 2.45) is 0 Å². The van der Waals surface area contributed by atoms with Crippen molar-refractivity contribution in [1.82, 2.24) is 9.78 Å². The molecule has 0 saturated carbocycles. The topological polar surface area (TPSA) is 86.4 Å². The van der Waals surface area contributed by atoms with Crippen molar-refractivity contribution in [1.29, 1.82) is 0 Å². The number of nitrogens with one attached hydrogen (secondary N) is 1. The Balaban J connectivity index is 1.90. The Hall–Kier alpha value is -3.27. The van der Waals surface area contributed by atoms with Crippen LogP contribution in [0.4, 0.5) is 18.9 Å². The lowest BCUT2D eigenvalue weighted by atomic mass is 10.1. The summed E-state index contributed by atoms with van der Waals surface area (Å²) >= 11 is 6.17. The van der Waals surface area contributed by atoms with Crippen molar-refractivity contribution in [2.75, 3.05) is 12.4 Å². The van der Waals surface area contributed by atoms with Gasteiger partial charge in [0.1, 0.15) is 5.75 Å². The lowest BCUT2D eigenvalue weighted by Crippen LogP contribution is -2.17. The van der Waals surface area contributed by atoms with Crippen molar-refractivity contribution in [2.45, 2.75) is 19.6 Å². The molecule has 11 heteroatoms. The van der Waals surface area contributed by atoms with E-state index in [1.807, 2.05) is 0 Å². The molecule has 1 N–H and O–H groups in total. The van der Waals surface area contributed by atoms with Crippen LogP contribution < -0.4 is 15.8 Å². The summed E-state index contributed by atoms with van der Waals surface area (Å²) in [5, 5.41) is 6.81. The Morgan fingerprint density at radius 3 is 2.50 bits per heavy atom. The molecular formula is C19H15ClF3N3O4. The number of hydrogen-bond donors (Lipinski definition) is 1. The number of amides is 1. The van der Waals surface area contributed by atoms with E-state index in [0.717, 1.165) is 28.9 Å². The normalized spacial score (nSPS) is 11.4. The zero-order valence-corrected chi connectivity index (χ0v) is 16.5. The van der Waals surface area contributed by atoms with E-state index in [4.69, 9.17) is 20.8 Å². The maximum Gasteiger partial charge on any atom is 0.437 e. The van der Waals surface area contributed by atoms with E-state index in [2.05, 4.69) is 10.4 Å². The molecule has 1 aromatic heterocycles. The smallest absolute Gasteiger partial charge is 0.437 e. The van der Waals surface area contributed by atoms with Gasteiger partial charge < -0.3 is 14.5 Å². The zero-order valence-electron chi connectivity index (χ0n) is 15.7. The van der Waals surface area contributed by atoms with E-state index >= 15 is 0 Å². The highest BCUT2D eigenvalue weighted by atomic mass is 35.5. The van der Waals surface area contributed by atoms with Crippen molar-refractivity contribution < 1.29 is 27.1 Å². The van der Waals surface area contributed by atoms with Gasteiger partial charge in [0.25, 0.3) is 0 Å². The molecule has 0 aliphatic rings. The van der Waals surface area contributed by atoms with Crippen molar-refractivity contribution in [3.05, 3.63) is 63.1 Å². The second kappa shape index (κ2) is 8.23. The predicted octanol–water partition coefficient (Wildman–Crippen LogP) is 4.19. The quantitative estimate of drug-likeness (QED) is 0.641. The van der Waals surface area contributed by atoms with Crippen LogP contribution in [0, 0.1) is 0 Å². The van der Waals surface area contributed by atoms with Gasteiger partial charge >= 0.3 is 11.9 Å². The lowest BCUT2D eigenvalue weighted by molar-refractivity contribution is -0.137. The highest BCUT2D eigenvalue weighted by molar-refractivity contribution is 6.33. The van der Waals surface area contributed by atoms with Crippen molar-refractivity contribution >= 4 is 23.2 Å². The minimum absolute atomic E-state index is 0.0772. The number of methoxy groups -OCH3 is 1. The highest BCUT2D eigenvalue weighted by Crippen LogP contribution is 2.32. The van der Waals surface area contributed by atoms with E-state index in [-0.39, 0.29) is 28.9 Å². The van der Waals surface area contributed by atoms with Crippen LogP contribution in [0.25, 0.3) is 11.5 Å². The van der Waals surface area contributed by atoms with Crippen LogP contribution in [0.15, 0.2) is 45.6 Å². The molecule has 0 spiro atoms. The van der Waals surface area contributed by atoms with E-state index in [1.54, 1.807) is 0 Å². The number of nitrogens with zero attached hydrogens (tertiary/aromatic N) is 2. The molecule has 0 aliphatic heterocycles. The number of carbonyl (C=O) groups is 1. The number of anilines is 1. The largest absolute Gasteiger partial charge is 0.496 e. The SMILES string of the molecule is COc1cc(NC(C)=O)c(Cl)cc1Cn1nc(-c2ccc(C(F)(F)F)cc2)oc1=O. The number of halogens is 4. The Morgan fingerprint density at radius 1 is 1.27 bits per heavy atom. The lowest BCUT2D eigenvalue weighted by Gasteiger charge is -2.12. The van der Waals surface area contributed by atoms with Crippen molar-refractivity contribution in [3.8, 4) is 17.2 Å². The van der Waals surface area contributed by atoms with Gasteiger partial charge in [0.2, 0.25) is 11.8 Å². The fraction of sp³-hybridized carbons (Fsp3) is 0.211. The van der Waals surface area contributed by atoms with Gasteiger partial charge in [-0.25, -0.2) is 4.79 Å². The van der Waals surface area contributed by atoms with E-state index in [1.165, 1.54) is 26.2 Å². The number of hydrogen-bond acceptors (Lipinski definition) is 5. The number of carbonyl (C=O) groups excluding carboxylic acids is 1. The van der Waals surface area contributed by atoms with Gasteiger partial charge in [0, 0.05) is 24.1 Å². The first-order chi connectivity index (χ1) is 14.1. The maximum absolute atomic E-state index is 12.7. The molecule has 30 heavy (non-hydrogen) atoms. The summed E-state index contributed by atoms with van der Waals surface area (Å²) < 4.78 is 49.4. The monoisotopic (exact) mass is 441 g/mol. The van der Waals surface area contributed by atoms with Crippen LogP contribution in [-0.2, 0) is 17.5 Å². The van der Waals surface area contributed by atoms with E-state index in [0.29, 0.717) is 17.0 Å². The summed E-state index contributed by atoms with van der Waals surface area (Å²) in [7, 11) is 1.41. The second-order valence-electron chi connectivity index (χ2n) is 6.23. The van der Waals surface area contributed by atoms with Crippen molar-refractivity contribution in [3.63, 3.8) is 0 Å². The van der Waals surface area contributed by atoms with E-state index < -0.39 is 17.5 Å². The molecule has 0 atom stereocenters. The third-order valence-electron chi connectivity index (χ3n) is 4.07. The first-order valence-corrected chi connectivity index (χ1v) is 8.86. The average molecular weight is 442 g/mol. The van der Waals surface area contributed by atoms with Gasteiger partial charge in [-0.1, -0.05) is 11.6 Å². The number of alkyl halides is 3. The zero-order chi connectivity index (χ0) is 22.1. The first-order valence-electron chi connectivity index (χ1n) is 8.48. The molecule has 0 unspecified atom stereocenters. The number of benzene rings is 2. The van der Waals surface area contributed by atoms with Crippen LogP contribution in [0.2, 0.25) is 5.02 Å². The van der Waals surface area contributed by atoms with Gasteiger partial charge in [-0.05, 0) is 30.3 Å². The molecule has 0 aliphatic carbocycles. The molecule has 7 nitrogen and oxygen atoms in total. The molecule has 0 bridgehead atoms.